The molecule has 1 aliphatic heterocycles. The summed E-state index contributed by atoms with van der Waals surface area (Å²) < 4.78 is 32.6. The lowest BCUT2D eigenvalue weighted by Crippen LogP contribution is -2.39. The molecule has 0 radical (unpaired) electrons. The summed E-state index contributed by atoms with van der Waals surface area (Å²) in [4.78, 5) is 4.72. The summed E-state index contributed by atoms with van der Waals surface area (Å²) >= 11 is 0. The fourth-order valence-electron chi connectivity index (χ4n) is 2.97. The number of nitrogens with zero attached hydrogens (tertiary/aromatic N) is 3. The molecular weight excluding hydrogens is 326 g/mol. The highest BCUT2D eigenvalue weighted by molar-refractivity contribution is 7.89. The maximum atomic E-state index is 13.0. The molecule has 0 aliphatic carbocycles. The zero-order chi connectivity index (χ0) is 17.3. The van der Waals surface area contributed by atoms with Gasteiger partial charge in [-0.2, -0.15) is 9.29 Å². The van der Waals surface area contributed by atoms with Gasteiger partial charge < -0.3 is 4.52 Å². The molecule has 1 aromatic heterocycles. The average molecular weight is 349 g/mol. The molecule has 6 nitrogen and oxygen atoms in total. The molecule has 24 heavy (non-hydrogen) atoms. The first kappa shape index (κ1) is 17.1. The number of aromatic nitrogens is 2. The van der Waals surface area contributed by atoms with Crippen LogP contribution < -0.4 is 0 Å². The van der Waals surface area contributed by atoms with E-state index in [1.54, 1.807) is 16.4 Å². The van der Waals surface area contributed by atoms with Gasteiger partial charge in [0.15, 0.2) is 5.82 Å². The van der Waals surface area contributed by atoms with Gasteiger partial charge in [0.2, 0.25) is 15.9 Å². The van der Waals surface area contributed by atoms with Gasteiger partial charge in [0.25, 0.3) is 0 Å². The fraction of sp³-hybridized carbons (Fsp3) is 0.529. The van der Waals surface area contributed by atoms with Crippen molar-refractivity contribution in [1.82, 2.24) is 14.4 Å². The van der Waals surface area contributed by atoms with E-state index in [1.807, 2.05) is 26.8 Å². The molecule has 1 unspecified atom stereocenters. The molecule has 1 aromatic carbocycles. The van der Waals surface area contributed by atoms with E-state index < -0.39 is 10.0 Å². The molecule has 130 valence electrons. The second-order valence-corrected chi connectivity index (χ2v) is 8.29. The third-order valence-corrected chi connectivity index (χ3v) is 6.51. The number of hydrogen-bond acceptors (Lipinski definition) is 5. The van der Waals surface area contributed by atoms with E-state index in [0.29, 0.717) is 36.1 Å². The molecule has 0 spiro atoms. The predicted octanol–water partition coefficient (Wildman–Crippen LogP) is 2.82. The van der Waals surface area contributed by atoms with Gasteiger partial charge in [-0.05, 0) is 49.9 Å². The van der Waals surface area contributed by atoms with Crippen LogP contribution in [0.1, 0.15) is 48.5 Å². The van der Waals surface area contributed by atoms with Gasteiger partial charge in [-0.25, -0.2) is 8.42 Å². The summed E-state index contributed by atoms with van der Waals surface area (Å²) in [6.45, 7) is 6.79. The Morgan fingerprint density at radius 1 is 1.29 bits per heavy atom. The van der Waals surface area contributed by atoms with Gasteiger partial charge >= 0.3 is 0 Å². The fourth-order valence-corrected chi connectivity index (χ4v) is 4.58. The highest BCUT2D eigenvalue weighted by Gasteiger charge is 2.33. The van der Waals surface area contributed by atoms with Gasteiger partial charge in [0.05, 0.1) is 4.90 Å². The molecule has 0 bridgehead atoms. The van der Waals surface area contributed by atoms with Gasteiger partial charge in [0, 0.05) is 25.4 Å². The molecule has 0 saturated carbocycles. The van der Waals surface area contributed by atoms with Crippen molar-refractivity contribution in [2.45, 2.75) is 50.8 Å². The van der Waals surface area contributed by atoms with Crippen LogP contribution >= 0.6 is 0 Å². The largest absolute Gasteiger partial charge is 0.339 e. The number of rotatable bonds is 4. The Kier molecular flexibility index (Phi) is 4.73. The lowest BCUT2D eigenvalue weighted by atomic mass is 9.99. The first-order valence-corrected chi connectivity index (χ1v) is 9.75. The molecule has 0 N–H and O–H groups in total. The predicted molar refractivity (Wildman–Crippen MR) is 90.3 cm³/mol. The van der Waals surface area contributed by atoms with Crippen LogP contribution in [0.4, 0.5) is 0 Å². The van der Waals surface area contributed by atoms with Crippen molar-refractivity contribution in [1.29, 1.82) is 0 Å². The van der Waals surface area contributed by atoms with E-state index in [1.165, 1.54) is 0 Å². The van der Waals surface area contributed by atoms with E-state index in [2.05, 4.69) is 10.1 Å². The number of sulfonamides is 1. The Morgan fingerprint density at radius 3 is 2.75 bits per heavy atom. The molecule has 1 atom stereocenters. The normalized spacial score (nSPS) is 19.5. The van der Waals surface area contributed by atoms with Crippen molar-refractivity contribution in [3.8, 4) is 0 Å². The zero-order valence-electron chi connectivity index (χ0n) is 14.3. The number of benzene rings is 1. The summed E-state index contributed by atoms with van der Waals surface area (Å²) in [7, 11) is -3.49. The van der Waals surface area contributed by atoms with Crippen molar-refractivity contribution in [3.63, 3.8) is 0 Å². The van der Waals surface area contributed by atoms with Crippen molar-refractivity contribution in [2.75, 3.05) is 13.1 Å². The lowest BCUT2D eigenvalue weighted by molar-refractivity contribution is 0.300. The monoisotopic (exact) mass is 349 g/mol. The molecule has 2 heterocycles. The quantitative estimate of drug-likeness (QED) is 0.848. The average Bonchev–Trinajstić information content (AvgIpc) is 3.06. The van der Waals surface area contributed by atoms with E-state index in [4.69, 9.17) is 4.52 Å². The van der Waals surface area contributed by atoms with Crippen LogP contribution in [-0.4, -0.2) is 36.0 Å². The first-order valence-electron chi connectivity index (χ1n) is 8.31. The highest BCUT2D eigenvalue weighted by Crippen LogP contribution is 2.29. The van der Waals surface area contributed by atoms with Crippen molar-refractivity contribution < 1.29 is 12.9 Å². The Labute approximate surface area is 142 Å². The van der Waals surface area contributed by atoms with E-state index in [-0.39, 0.29) is 5.92 Å². The second kappa shape index (κ2) is 6.64. The Hall–Kier alpha value is -1.73. The molecule has 1 fully saturated rings. The van der Waals surface area contributed by atoms with Gasteiger partial charge in [-0.1, -0.05) is 18.1 Å². The SMILES string of the molecule is CCc1nc(C2CCCN(S(=O)(=O)c3ccc(C)c(C)c3)C2)no1. The van der Waals surface area contributed by atoms with Crippen LogP contribution in [0.3, 0.4) is 0 Å². The summed E-state index contributed by atoms with van der Waals surface area (Å²) in [5.74, 6) is 1.20. The summed E-state index contributed by atoms with van der Waals surface area (Å²) in [6.07, 6.45) is 2.36. The standard InChI is InChI=1S/C17H23N3O3S/c1-4-16-18-17(19-23-16)14-6-5-9-20(11-14)24(21,22)15-8-7-12(2)13(3)10-15/h7-8,10,14H,4-6,9,11H2,1-3H3. The van der Waals surface area contributed by atoms with Gasteiger partial charge in [-0.15, -0.1) is 0 Å². The highest BCUT2D eigenvalue weighted by atomic mass is 32.2. The Bertz CT molecular complexity index is 829. The first-order chi connectivity index (χ1) is 11.4. The van der Waals surface area contributed by atoms with Crippen LogP contribution in [-0.2, 0) is 16.4 Å². The lowest BCUT2D eigenvalue weighted by Gasteiger charge is -2.30. The van der Waals surface area contributed by atoms with E-state index in [0.717, 1.165) is 24.0 Å². The van der Waals surface area contributed by atoms with Gasteiger partial charge in [-0.3, -0.25) is 0 Å². The van der Waals surface area contributed by atoms with Crippen molar-refractivity contribution in [2.24, 2.45) is 0 Å². The molecule has 2 aromatic rings. The van der Waals surface area contributed by atoms with Crippen LogP contribution in [0.25, 0.3) is 0 Å². The van der Waals surface area contributed by atoms with Crippen LogP contribution in [0, 0.1) is 13.8 Å². The van der Waals surface area contributed by atoms with Crippen LogP contribution in [0.15, 0.2) is 27.6 Å². The Morgan fingerprint density at radius 2 is 2.08 bits per heavy atom. The maximum Gasteiger partial charge on any atom is 0.243 e. The third-order valence-electron chi connectivity index (χ3n) is 4.65. The summed E-state index contributed by atoms with van der Waals surface area (Å²) in [6, 6.07) is 5.29. The van der Waals surface area contributed by atoms with E-state index in [9.17, 15) is 8.42 Å². The number of aryl methyl sites for hydroxylation is 3. The number of piperidine rings is 1. The minimum atomic E-state index is -3.49. The van der Waals surface area contributed by atoms with Crippen LogP contribution in [0.2, 0.25) is 0 Å². The smallest absolute Gasteiger partial charge is 0.243 e. The molecule has 1 saturated heterocycles. The van der Waals surface area contributed by atoms with Crippen LogP contribution in [0.5, 0.6) is 0 Å². The minimum Gasteiger partial charge on any atom is -0.339 e. The number of hydrogen-bond donors (Lipinski definition) is 0. The zero-order valence-corrected chi connectivity index (χ0v) is 15.1. The van der Waals surface area contributed by atoms with Crippen molar-refractivity contribution >= 4 is 10.0 Å². The van der Waals surface area contributed by atoms with Crippen molar-refractivity contribution in [3.05, 3.63) is 41.0 Å². The minimum absolute atomic E-state index is 0.0101. The molecule has 7 heteroatoms. The maximum absolute atomic E-state index is 13.0. The van der Waals surface area contributed by atoms with Gasteiger partial charge in [0.1, 0.15) is 0 Å². The topological polar surface area (TPSA) is 76.3 Å². The second-order valence-electron chi connectivity index (χ2n) is 6.35. The molecule has 0 amide bonds. The molecular formula is C17H23N3O3S. The third kappa shape index (κ3) is 3.23. The summed E-state index contributed by atoms with van der Waals surface area (Å²) in [5.41, 5.74) is 2.07. The molecule has 1 aliphatic rings. The molecule has 3 rings (SSSR count). The van der Waals surface area contributed by atoms with E-state index >= 15 is 0 Å². The summed E-state index contributed by atoms with van der Waals surface area (Å²) in [5, 5.41) is 4.02. The Balaban J connectivity index is 1.83.